The zero-order valence-electron chi connectivity index (χ0n) is 18.1. The fourth-order valence-electron chi connectivity index (χ4n) is 3.69. The summed E-state index contributed by atoms with van der Waals surface area (Å²) in [5.41, 5.74) is 2.22. The van der Waals surface area contributed by atoms with E-state index in [-0.39, 0.29) is 5.25 Å². The van der Waals surface area contributed by atoms with Gasteiger partial charge in [-0.2, -0.15) is 13.2 Å². The minimum atomic E-state index is -5.08. The monoisotopic (exact) mass is 492 g/mol. The van der Waals surface area contributed by atoms with Gasteiger partial charge < -0.3 is 14.2 Å². The van der Waals surface area contributed by atoms with Gasteiger partial charge in [0.05, 0.1) is 10.9 Å². The first-order valence-electron chi connectivity index (χ1n) is 10.5. The Kier molecular flexibility index (Phi) is 7.85. The summed E-state index contributed by atoms with van der Waals surface area (Å²) in [5, 5.41) is 11.1. The van der Waals surface area contributed by atoms with Crippen molar-refractivity contribution < 1.29 is 36.0 Å². The largest absolute Gasteiger partial charge is 0.490 e. The van der Waals surface area contributed by atoms with Gasteiger partial charge in [-0.25, -0.2) is 17.9 Å². The molecule has 0 radical (unpaired) electrons. The molecule has 1 saturated carbocycles. The zero-order chi connectivity index (χ0) is 24.2. The maximum atomic E-state index is 12.0. The van der Waals surface area contributed by atoms with Crippen LogP contribution in [0.4, 0.5) is 13.2 Å². The Morgan fingerprint density at radius 1 is 1.33 bits per heavy atom. The highest BCUT2D eigenvalue weighted by Gasteiger charge is 2.38. The predicted molar refractivity (Wildman–Crippen MR) is 112 cm³/mol. The standard InChI is InChI=1S/C18H26N4O3S.C2HF3O2/c1-14-9-16(20-25-14)12-21-10-15(11-22-8-2-3-17(22)13-21)6-7-19-26(23,24)18-4-5-18;3-2(4,5)1(6)7/h2-3,8-9,15,18-19H,4-7,10-13H2,1H3;(H,6,7). The van der Waals surface area contributed by atoms with Gasteiger partial charge in [0.15, 0.2) is 0 Å². The molecule has 13 heteroatoms. The number of alkyl halides is 3. The number of carboxylic acids is 1. The van der Waals surface area contributed by atoms with Crippen LogP contribution in [0.3, 0.4) is 0 Å². The first-order valence-corrected chi connectivity index (χ1v) is 12.1. The second kappa shape index (κ2) is 10.3. The minimum Gasteiger partial charge on any atom is -0.475 e. The number of hydrogen-bond acceptors (Lipinski definition) is 6. The topological polar surface area (TPSA) is 118 Å². The number of sulfonamides is 1. The highest BCUT2D eigenvalue weighted by Crippen LogP contribution is 2.27. The van der Waals surface area contributed by atoms with Crippen LogP contribution in [0.1, 0.15) is 36.4 Å². The molecule has 4 rings (SSSR count). The lowest BCUT2D eigenvalue weighted by molar-refractivity contribution is -0.192. The van der Waals surface area contributed by atoms with Crippen LogP contribution in [0.2, 0.25) is 0 Å². The number of halogens is 3. The molecular weight excluding hydrogens is 465 g/mol. The van der Waals surface area contributed by atoms with Gasteiger partial charge in [0.1, 0.15) is 5.76 Å². The minimum absolute atomic E-state index is 0.153. The van der Waals surface area contributed by atoms with E-state index in [1.54, 1.807) is 0 Å². The third-order valence-electron chi connectivity index (χ3n) is 5.40. The van der Waals surface area contributed by atoms with E-state index in [9.17, 15) is 21.6 Å². The summed E-state index contributed by atoms with van der Waals surface area (Å²) in [4.78, 5) is 11.3. The molecule has 1 unspecified atom stereocenters. The summed E-state index contributed by atoms with van der Waals surface area (Å²) < 4.78 is 66.0. The van der Waals surface area contributed by atoms with Crippen molar-refractivity contribution >= 4 is 16.0 Å². The lowest BCUT2D eigenvalue weighted by atomic mass is 10.1. The van der Waals surface area contributed by atoms with Crippen molar-refractivity contribution in [3.8, 4) is 0 Å². The van der Waals surface area contributed by atoms with Gasteiger partial charge in [-0.3, -0.25) is 4.90 Å². The molecule has 33 heavy (non-hydrogen) atoms. The van der Waals surface area contributed by atoms with E-state index in [0.29, 0.717) is 12.5 Å². The van der Waals surface area contributed by atoms with Gasteiger partial charge in [0.2, 0.25) is 10.0 Å². The summed E-state index contributed by atoms with van der Waals surface area (Å²) in [6, 6.07) is 6.20. The molecular formula is C20H27F3N4O5S. The molecule has 9 nitrogen and oxygen atoms in total. The molecule has 2 N–H and O–H groups in total. The number of carbonyl (C=O) groups is 1. The van der Waals surface area contributed by atoms with Crippen LogP contribution in [-0.4, -0.2) is 58.6 Å². The Morgan fingerprint density at radius 3 is 2.61 bits per heavy atom. The van der Waals surface area contributed by atoms with Crippen LogP contribution in [0, 0.1) is 12.8 Å². The molecule has 3 heterocycles. The van der Waals surface area contributed by atoms with E-state index in [1.165, 1.54) is 5.69 Å². The number of nitrogens with one attached hydrogen (secondary N) is 1. The van der Waals surface area contributed by atoms with Gasteiger partial charge in [0.25, 0.3) is 0 Å². The zero-order valence-corrected chi connectivity index (χ0v) is 18.9. The van der Waals surface area contributed by atoms with Crippen LogP contribution in [0.25, 0.3) is 0 Å². The summed E-state index contributed by atoms with van der Waals surface area (Å²) in [7, 11) is -3.10. The van der Waals surface area contributed by atoms with Crippen LogP contribution in [0.5, 0.6) is 0 Å². The summed E-state index contributed by atoms with van der Waals surface area (Å²) in [5.74, 6) is -1.55. The Balaban J connectivity index is 0.000000383. The molecule has 0 spiro atoms. The predicted octanol–water partition coefficient (Wildman–Crippen LogP) is 2.52. The Bertz CT molecular complexity index is 1050. The number of aliphatic carboxylic acids is 1. The second-order valence-corrected chi connectivity index (χ2v) is 10.4. The normalized spacial score (nSPS) is 19.3. The lowest BCUT2D eigenvalue weighted by Gasteiger charge is -2.23. The smallest absolute Gasteiger partial charge is 0.475 e. The van der Waals surface area contributed by atoms with E-state index in [1.807, 2.05) is 13.0 Å². The molecule has 0 bridgehead atoms. The van der Waals surface area contributed by atoms with Crippen molar-refractivity contribution in [1.82, 2.24) is 19.3 Å². The van der Waals surface area contributed by atoms with E-state index in [2.05, 4.69) is 37.7 Å². The van der Waals surface area contributed by atoms with Gasteiger partial charge in [-0.1, -0.05) is 5.16 Å². The molecule has 0 amide bonds. The summed E-state index contributed by atoms with van der Waals surface area (Å²) >= 11 is 0. The molecule has 2 aromatic rings. The van der Waals surface area contributed by atoms with Gasteiger partial charge in [-0.05, 0) is 44.2 Å². The first kappa shape index (κ1) is 25.2. The quantitative estimate of drug-likeness (QED) is 0.610. The van der Waals surface area contributed by atoms with Crippen molar-refractivity contribution in [1.29, 1.82) is 0 Å². The van der Waals surface area contributed by atoms with E-state index < -0.39 is 22.2 Å². The number of fused-ring (bicyclic) bond motifs is 1. The van der Waals surface area contributed by atoms with Crippen LogP contribution in [0.15, 0.2) is 28.9 Å². The van der Waals surface area contributed by atoms with E-state index >= 15 is 0 Å². The average molecular weight is 493 g/mol. The SMILES string of the molecule is Cc1cc(CN2Cc3cccn3CC(CCNS(=O)(=O)C3CC3)C2)no1.O=C(O)C(F)(F)F. The number of aromatic nitrogens is 2. The molecule has 1 atom stereocenters. The molecule has 2 aromatic heterocycles. The third kappa shape index (κ3) is 7.57. The number of nitrogens with zero attached hydrogens (tertiary/aromatic N) is 3. The van der Waals surface area contributed by atoms with E-state index in [0.717, 1.165) is 56.9 Å². The average Bonchev–Trinajstić information content (AvgIpc) is 3.41. The molecule has 2 aliphatic rings. The number of aryl methyl sites for hydroxylation is 1. The Hall–Kier alpha value is -2.38. The van der Waals surface area contributed by atoms with Crippen LogP contribution >= 0.6 is 0 Å². The van der Waals surface area contributed by atoms with Crippen molar-refractivity contribution in [2.75, 3.05) is 13.1 Å². The lowest BCUT2D eigenvalue weighted by Crippen LogP contribution is -2.32. The fourth-order valence-corrected chi connectivity index (χ4v) is 5.09. The Morgan fingerprint density at radius 2 is 2.03 bits per heavy atom. The maximum Gasteiger partial charge on any atom is 0.490 e. The first-order chi connectivity index (χ1) is 15.4. The van der Waals surface area contributed by atoms with Crippen molar-refractivity contribution in [3.05, 3.63) is 41.5 Å². The maximum absolute atomic E-state index is 12.0. The molecule has 184 valence electrons. The highest BCUT2D eigenvalue weighted by atomic mass is 32.2. The fraction of sp³-hybridized carbons (Fsp3) is 0.600. The van der Waals surface area contributed by atoms with Crippen molar-refractivity contribution in [2.45, 2.75) is 57.2 Å². The molecule has 0 aromatic carbocycles. The highest BCUT2D eigenvalue weighted by molar-refractivity contribution is 7.90. The Labute approximate surface area is 189 Å². The van der Waals surface area contributed by atoms with Gasteiger partial charge in [-0.15, -0.1) is 0 Å². The second-order valence-electron chi connectivity index (χ2n) is 8.35. The third-order valence-corrected chi connectivity index (χ3v) is 7.36. The summed E-state index contributed by atoms with van der Waals surface area (Å²) in [6.45, 7) is 5.85. The molecule has 1 fully saturated rings. The van der Waals surface area contributed by atoms with Crippen molar-refractivity contribution in [3.63, 3.8) is 0 Å². The van der Waals surface area contributed by atoms with Crippen LogP contribution < -0.4 is 4.72 Å². The molecule has 1 aliphatic heterocycles. The van der Waals surface area contributed by atoms with E-state index in [4.69, 9.17) is 14.4 Å². The van der Waals surface area contributed by atoms with Crippen molar-refractivity contribution in [2.24, 2.45) is 5.92 Å². The summed E-state index contributed by atoms with van der Waals surface area (Å²) in [6.07, 6.45) is -0.537. The molecule has 0 saturated heterocycles. The molecule has 1 aliphatic carbocycles. The number of carboxylic acid groups (broad SMARTS) is 1. The number of hydrogen-bond donors (Lipinski definition) is 2. The van der Waals surface area contributed by atoms with Crippen LogP contribution in [-0.2, 0) is 34.5 Å². The van der Waals surface area contributed by atoms with Gasteiger partial charge >= 0.3 is 12.1 Å². The number of rotatable bonds is 7. The van der Waals surface area contributed by atoms with Gasteiger partial charge in [0, 0.05) is 50.7 Å².